The largest absolute Gasteiger partial charge is 0.444 e. The first-order valence-electron chi connectivity index (χ1n) is 14.6. The van der Waals surface area contributed by atoms with E-state index in [-0.39, 0.29) is 24.6 Å². The van der Waals surface area contributed by atoms with Crippen LogP contribution in [0, 0.1) is 0 Å². The molecule has 6 rings (SSSR count). The molecule has 0 spiro atoms. The van der Waals surface area contributed by atoms with Crippen LogP contribution in [0.25, 0.3) is 21.5 Å². The molecule has 224 valence electrons. The lowest BCUT2D eigenvalue weighted by Crippen LogP contribution is -2.60. The summed E-state index contributed by atoms with van der Waals surface area (Å²) in [4.78, 5) is 29.4. The third kappa shape index (κ3) is 5.94. The van der Waals surface area contributed by atoms with Gasteiger partial charge in [0, 0.05) is 25.3 Å². The zero-order valence-electron chi connectivity index (χ0n) is 24.3. The first-order valence-corrected chi connectivity index (χ1v) is 16.0. The summed E-state index contributed by atoms with van der Waals surface area (Å²) in [5.41, 5.74) is 1.29. The van der Waals surface area contributed by atoms with E-state index in [2.05, 4.69) is 5.32 Å². The number of sulfonamides is 1. The molecular formula is C35H33N3O5S. The van der Waals surface area contributed by atoms with Crippen LogP contribution in [0.1, 0.15) is 12.5 Å². The number of benzene rings is 5. The molecule has 0 aromatic heterocycles. The number of rotatable bonds is 8. The van der Waals surface area contributed by atoms with E-state index < -0.39 is 34.0 Å². The Morgan fingerprint density at radius 2 is 1.45 bits per heavy atom. The van der Waals surface area contributed by atoms with Gasteiger partial charge in [-0.3, -0.25) is 9.69 Å². The summed E-state index contributed by atoms with van der Waals surface area (Å²) >= 11 is 0. The lowest BCUT2D eigenvalue weighted by Gasteiger charge is -2.37. The van der Waals surface area contributed by atoms with Crippen molar-refractivity contribution in [3.63, 3.8) is 0 Å². The second-order valence-corrected chi connectivity index (χ2v) is 12.8. The SMILES string of the molecule is CC(C(=O)C1CNCCN1S(=O)(=O)c1ccc2ccccc2c1)N(C(=O)OCc1ccccc1)c1ccc2ccccc2c1. The first-order chi connectivity index (χ1) is 21.3. The average Bonchev–Trinajstić information content (AvgIpc) is 3.07. The normalized spacial score (nSPS) is 16.4. The first kappa shape index (κ1) is 29.5. The molecule has 5 aromatic rings. The van der Waals surface area contributed by atoms with Gasteiger partial charge in [-0.1, -0.05) is 91.0 Å². The predicted octanol–water partition coefficient (Wildman–Crippen LogP) is 5.76. The van der Waals surface area contributed by atoms with Crippen LogP contribution in [0.4, 0.5) is 10.5 Å². The maximum Gasteiger partial charge on any atom is 0.415 e. The summed E-state index contributed by atoms with van der Waals surface area (Å²) < 4.78 is 34.9. The number of nitrogens with zero attached hydrogens (tertiary/aromatic N) is 2. The smallest absolute Gasteiger partial charge is 0.415 e. The van der Waals surface area contributed by atoms with Gasteiger partial charge in [0.15, 0.2) is 5.78 Å². The fraction of sp³-hybridized carbons (Fsp3) is 0.200. The molecule has 9 heteroatoms. The Morgan fingerprint density at radius 3 is 2.16 bits per heavy atom. The number of carbonyl (C=O) groups is 2. The number of Topliss-reactive ketones (excluding diaryl/α,β-unsaturated/α-hetero) is 1. The van der Waals surface area contributed by atoms with Gasteiger partial charge in [0.25, 0.3) is 0 Å². The maximum absolute atomic E-state index is 14.3. The highest BCUT2D eigenvalue weighted by atomic mass is 32.2. The molecule has 1 N–H and O–H groups in total. The number of nitrogens with one attached hydrogen (secondary N) is 1. The zero-order valence-corrected chi connectivity index (χ0v) is 25.1. The minimum absolute atomic E-state index is 0.0259. The molecule has 0 radical (unpaired) electrons. The summed E-state index contributed by atoms with van der Waals surface area (Å²) in [5.74, 6) is -0.411. The number of ketones is 1. The third-order valence-corrected chi connectivity index (χ3v) is 9.97. The number of ether oxygens (including phenoxy) is 1. The predicted molar refractivity (Wildman–Crippen MR) is 172 cm³/mol. The number of fused-ring (bicyclic) bond motifs is 2. The van der Waals surface area contributed by atoms with Crippen LogP contribution < -0.4 is 10.2 Å². The third-order valence-electron chi connectivity index (χ3n) is 8.06. The standard InChI is InChI=1S/C35H33N3O5S/c1-25(34(39)33-23-36-19-20-37(33)44(41,42)32-18-16-28-12-6-8-14-30(28)22-32)38(35(40)43-24-26-9-3-2-4-10-26)31-17-15-27-11-5-7-13-29(27)21-31/h2-18,21-22,25,33,36H,19-20,23-24H2,1H3. The Labute approximate surface area is 256 Å². The van der Waals surface area contributed by atoms with E-state index in [0.717, 1.165) is 27.1 Å². The Bertz CT molecular complexity index is 1930. The summed E-state index contributed by atoms with van der Waals surface area (Å²) in [5, 5.41) is 6.77. The molecule has 0 aliphatic carbocycles. The Hall–Kier alpha value is -4.57. The second-order valence-electron chi connectivity index (χ2n) is 10.9. The van der Waals surface area contributed by atoms with Gasteiger partial charge >= 0.3 is 6.09 Å². The summed E-state index contributed by atoms with van der Waals surface area (Å²) in [6.07, 6.45) is -0.697. The van der Waals surface area contributed by atoms with E-state index in [1.807, 2.05) is 91.0 Å². The molecule has 1 aliphatic rings. The second kappa shape index (κ2) is 12.6. The molecular weight excluding hydrogens is 574 g/mol. The van der Waals surface area contributed by atoms with Crippen molar-refractivity contribution in [2.45, 2.75) is 30.5 Å². The van der Waals surface area contributed by atoms with Crippen LogP contribution in [-0.2, 0) is 26.2 Å². The lowest BCUT2D eigenvalue weighted by atomic mass is 10.0. The molecule has 1 heterocycles. The van der Waals surface area contributed by atoms with Gasteiger partial charge in [0.2, 0.25) is 10.0 Å². The molecule has 0 saturated carbocycles. The highest BCUT2D eigenvalue weighted by molar-refractivity contribution is 7.89. The van der Waals surface area contributed by atoms with Crippen molar-refractivity contribution in [2.24, 2.45) is 0 Å². The number of anilines is 1. The quantitative estimate of drug-likeness (QED) is 0.241. The summed E-state index contributed by atoms with van der Waals surface area (Å²) in [6.45, 7) is 2.29. The number of hydrogen-bond donors (Lipinski definition) is 1. The Morgan fingerprint density at radius 1 is 0.841 bits per heavy atom. The molecule has 1 fully saturated rings. The molecule has 44 heavy (non-hydrogen) atoms. The van der Waals surface area contributed by atoms with E-state index in [1.165, 1.54) is 9.21 Å². The fourth-order valence-corrected chi connectivity index (χ4v) is 7.32. The van der Waals surface area contributed by atoms with E-state index >= 15 is 0 Å². The molecule has 1 aliphatic heterocycles. The van der Waals surface area contributed by atoms with Crippen LogP contribution in [0.2, 0.25) is 0 Å². The van der Waals surface area contributed by atoms with Gasteiger partial charge in [-0.05, 0) is 58.3 Å². The molecule has 1 amide bonds. The van der Waals surface area contributed by atoms with Gasteiger partial charge < -0.3 is 10.1 Å². The van der Waals surface area contributed by atoms with Crippen molar-refractivity contribution in [3.05, 3.63) is 121 Å². The molecule has 0 bridgehead atoms. The molecule has 2 unspecified atom stereocenters. The van der Waals surface area contributed by atoms with Crippen molar-refractivity contribution in [1.82, 2.24) is 9.62 Å². The van der Waals surface area contributed by atoms with Crippen molar-refractivity contribution in [3.8, 4) is 0 Å². The maximum atomic E-state index is 14.3. The van der Waals surface area contributed by atoms with Crippen LogP contribution in [0.15, 0.2) is 120 Å². The van der Waals surface area contributed by atoms with Gasteiger partial charge in [-0.2, -0.15) is 4.31 Å². The van der Waals surface area contributed by atoms with Crippen LogP contribution >= 0.6 is 0 Å². The van der Waals surface area contributed by atoms with E-state index in [9.17, 15) is 18.0 Å². The Balaban J connectivity index is 1.32. The van der Waals surface area contributed by atoms with Gasteiger partial charge in [0.05, 0.1) is 17.0 Å². The number of hydrogen-bond acceptors (Lipinski definition) is 6. The van der Waals surface area contributed by atoms with Gasteiger partial charge in [-0.15, -0.1) is 0 Å². The summed E-state index contributed by atoms with van der Waals surface area (Å²) in [7, 11) is -4.03. The fourth-order valence-electron chi connectivity index (χ4n) is 5.69. The van der Waals surface area contributed by atoms with Crippen LogP contribution in [0.5, 0.6) is 0 Å². The molecule has 2 atom stereocenters. The van der Waals surface area contributed by atoms with Gasteiger partial charge in [-0.25, -0.2) is 13.2 Å². The highest BCUT2D eigenvalue weighted by Crippen LogP contribution is 2.28. The van der Waals surface area contributed by atoms with Crippen LogP contribution in [-0.4, -0.2) is 56.3 Å². The van der Waals surface area contributed by atoms with Crippen molar-refractivity contribution >= 4 is 49.1 Å². The molecule has 8 nitrogen and oxygen atoms in total. The van der Waals surface area contributed by atoms with Crippen molar-refractivity contribution in [1.29, 1.82) is 0 Å². The Kier molecular flexibility index (Phi) is 8.43. The number of carbonyl (C=O) groups excluding carboxylic acids is 2. The average molecular weight is 608 g/mol. The van der Waals surface area contributed by atoms with E-state index in [4.69, 9.17) is 4.74 Å². The number of amides is 1. The minimum atomic E-state index is -4.03. The molecule has 1 saturated heterocycles. The topological polar surface area (TPSA) is 96.0 Å². The van der Waals surface area contributed by atoms with Crippen molar-refractivity contribution in [2.75, 3.05) is 24.5 Å². The molecule has 5 aromatic carbocycles. The van der Waals surface area contributed by atoms with Crippen LogP contribution in [0.3, 0.4) is 0 Å². The highest BCUT2D eigenvalue weighted by Gasteiger charge is 2.42. The summed E-state index contributed by atoms with van der Waals surface area (Å²) in [6, 6.07) is 33.0. The van der Waals surface area contributed by atoms with E-state index in [1.54, 1.807) is 31.2 Å². The minimum Gasteiger partial charge on any atom is -0.444 e. The lowest BCUT2D eigenvalue weighted by molar-refractivity contribution is -0.124. The van der Waals surface area contributed by atoms with Gasteiger partial charge in [0.1, 0.15) is 6.61 Å². The van der Waals surface area contributed by atoms with E-state index in [0.29, 0.717) is 12.2 Å². The van der Waals surface area contributed by atoms with Crippen molar-refractivity contribution < 1.29 is 22.7 Å². The zero-order chi connectivity index (χ0) is 30.7. The number of piperazine rings is 1. The monoisotopic (exact) mass is 607 g/mol.